The van der Waals surface area contributed by atoms with Crippen molar-refractivity contribution >= 4 is 11.8 Å². The second kappa shape index (κ2) is 4.56. The Labute approximate surface area is 92.8 Å². The number of hydrogen-bond acceptors (Lipinski definition) is 1. The summed E-state index contributed by atoms with van der Waals surface area (Å²) in [6.45, 7) is 0. The zero-order valence-corrected chi connectivity index (χ0v) is 8.27. The summed E-state index contributed by atoms with van der Waals surface area (Å²) in [5, 5.41) is 7.46. The van der Waals surface area contributed by atoms with Gasteiger partial charge in [-0.15, -0.1) is 0 Å². The molecule has 0 amide bonds. The molecule has 1 N–H and O–H groups in total. The molecule has 74 valence electrons. The zero-order chi connectivity index (χ0) is 12.3. The first-order valence-electron chi connectivity index (χ1n) is 5.89. The molecule has 0 fully saturated rings. The van der Waals surface area contributed by atoms with Crippen molar-refractivity contribution in [3.63, 3.8) is 0 Å². The van der Waals surface area contributed by atoms with E-state index in [1.807, 2.05) is 42.5 Å². The molecule has 0 radical (unpaired) electrons. The minimum absolute atomic E-state index is 0.173. The summed E-state index contributed by atoms with van der Waals surface area (Å²) in [5.74, 6) is 0. The lowest BCUT2D eigenvalue weighted by atomic mass is 10.0. The van der Waals surface area contributed by atoms with Crippen LogP contribution in [-0.2, 0) is 0 Å². The summed E-state index contributed by atoms with van der Waals surface area (Å²) >= 11 is 0. The molecule has 0 aromatic heterocycles. The molecule has 1 atom stereocenters. The minimum Gasteiger partial charge on any atom is -0.305 e. The largest absolute Gasteiger partial charge is 0.305 e. The van der Waals surface area contributed by atoms with Crippen LogP contribution in [0.1, 0.15) is 14.7 Å². The van der Waals surface area contributed by atoms with Crippen molar-refractivity contribution in [2.45, 2.75) is 6.40 Å². The first-order valence-corrected chi connectivity index (χ1v) is 4.81. The molecular weight excluding hydrogens is 182 g/mol. The average Bonchev–Trinajstić information content (AvgIpc) is 2.36. The van der Waals surface area contributed by atoms with Crippen LogP contribution in [-0.4, -0.2) is 5.71 Å². The molecule has 0 aliphatic heterocycles. The maximum Gasteiger partial charge on any atom is 0.0586 e. The molecule has 2 rings (SSSR count). The molecule has 15 heavy (non-hydrogen) atoms. The van der Waals surface area contributed by atoms with Gasteiger partial charge in [-0.25, -0.2) is 0 Å². The highest BCUT2D eigenvalue weighted by atomic mass is 14.4. The predicted octanol–water partition coefficient (Wildman–Crippen LogP) is 3.61. The van der Waals surface area contributed by atoms with Crippen molar-refractivity contribution in [3.8, 4) is 0 Å². The van der Waals surface area contributed by atoms with Crippen molar-refractivity contribution in [2.75, 3.05) is 0 Å². The van der Waals surface area contributed by atoms with Crippen LogP contribution in [0, 0.1) is 5.41 Å². The van der Waals surface area contributed by atoms with Gasteiger partial charge in [0.05, 0.1) is 1.37 Å². The quantitative estimate of drug-likeness (QED) is 0.749. The first kappa shape index (κ1) is 7.41. The Balaban J connectivity index is 2.23. The minimum atomic E-state index is -0.851. The number of rotatable bonds is 2. The van der Waals surface area contributed by atoms with Gasteiger partial charge in [-0.1, -0.05) is 54.6 Å². The molecular formula is C14H13N. The van der Waals surface area contributed by atoms with E-state index in [1.54, 1.807) is 12.2 Å². The van der Waals surface area contributed by atoms with Crippen molar-refractivity contribution in [1.82, 2.24) is 0 Å². The van der Waals surface area contributed by atoms with E-state index < -0.39 is 6.40 Å². The predicted molar refractivity (Wildman–Crippen MR) is 65.0 cm³/mol. The highest BCUT2D eigenvalue weighted by molar-refractivity contribution is 5.95. The average molecular weight is 197 g/mol. The van der Waals surface area contributed by atoms with Crippen LogP contribution < -0.4 is 0 Å². The number of nitrogens with one attached hydrogen (secondary N) is 1. The lowest BCUT2D eigenvalue weighted by Gasteiger charge is -2.02. The second-order valence-electron chi connectivity index (χ2n) is 3.28. The van der Waals surface area contributed by atoms with Crippen LogP contribution in [0.4, 0.5) is 0 Å². The highest BCUT2D eigenvalue weighted by Crippen LogP contribution is 2.11. The molecule has 1 aliphatic rings. The van der Waals surface area contributed by atoms with Gasteiger partial charge in [0, 0.05) is 13.5 Å². The van der Waals surface area contributed by atoms with E-state index in [1.165, 1.54) is 0 Å². The third-order valence-corrected chi connectivity index (χ3v) is 2.09. The van der Waals surface area contributed by atoms with Crippen LogP contribution in [0.25, 0.3) is 6.08 Å². The van der Waals surface area contributed by atoms with Gasteiger partial charge in [0.2, 0.25) is 0 Å². The molecule has 1 aliphatic carbocycles. The number of allylic oxidation sites excluding steroid dienone is 5. The summed E-state index contributed by atoms with van der Waals surface area (Å²) in [7, 11) is 0. The maximum atomic E-state index is 7.78. The third-order valence-electron chi connectivity index (χ3n) is 2.09. The van der Waals surface area contributed by atoms with Gasteiger partial charge in [0.15, 0.2) is 0 Å². The standard InChI is InChI=1S/C14H13N/c15-14-10-8-13(9-11-14)7-6-12-4-2-1-3-5-12/h1-10,15H,11H2/i9D,11D. The van der Waals surface area contributed by atoms with Crippen LogP contribution in [0.5, 0.6) is 0 Å². The molecule has 1 nitrogen and oxygen atoms in total. The van der Waals surface area contributed by atoms with Gasteiger partial charge in [0.25, 0.3) is 0 Å². The van der Waals surface area contributed by atoms with E-state index in [-0.39, 0.29) is 11.8 Å². The van der Waals surface area contributed by atoms with E-state index in [2.05, 4.69) is 0 Å². The lowest BCUT2D eigenvalue weighted by Crippen LogP contribution is -1.93. The van der Waals surface area contributed by atoms with Crippen LogP contribution in [0.15, 0.2) is 60.2 Å². The number of hydrogen-bond donors (Lipinski definition) is 1. The van der Waals surface area contributed by atoms with E-state index in [9.17, 15) is 0 Å². The molecule has 0 heterocycles. The summed E-state index contributed by atoms with van der Waals surface area (Å²) in [4.78, 5) is 0. The molecule has 1 unspecified atom stereocenters. The second-order valence-corrected chi connectivity index (χ2v) is 3.28. The van der Waals surface area contributed by atoms with Crippen LogP contribution in [0.3, 0.4) is 0 Å². The fourth-order valence-electron chi connectivity index (χ4n) is 1.29. The van der Waals surface area contributed by atoms with Gasteiger partial charge in [0.1, 0.15) is 0 Å². The smallest absolute Gasteiger partial charge is 0.0586 e. The van der Waals surface area contributed by atoms with Crippen molar-refractivity contribution in [2.24, 2.45) is 0 Å². The first-order chi connectivity index (χ1) is 8.18. The molecule has 0 bridgehead atoms. The topological polar surface area (TPSA) is 23.9 Å². The van der Waals surface area contributed by atoms with Crippen molar-refractivity contribution in [3.05, 3.63) is 65.7 Å². The Morgan fingerprint density at radius 3 is 2.80 bits per heavy atom. The Hall–Kier alpha value is -1.89. The summed E-state index contributed by atoms with van der Waals surface area (Å²) in [6.07, 6.45) is 6.18. The highest BCUT2D eigenvalue weighted by Gasteiger charge is 1.96. The monoisotopic (exact) mass is 197 g/mol. The van der Waals surface area contributed by atoms with E-state index >= 15 is 0 Å². The molecule has 0 spiro atoms. The van der Waals surface area contributed by atoms with Gasteiger partial charge in [-0.05, 0) is 17.2 Å². The van der Waals surface area contributed by atoms with Gasteiger partial charge in [-0.3, -0.25) is 0 Å². The number of benzene rings is 1. The van der Waals surface area contributed by atoms with Gasteiger partial charge < -0.3 is 5.41 Å². The van der Waals surface area contributed by atoms with Crippen LogP contribution >= 0.6 is 0 Å². The Morgan fingerprint density at radius 1 is 1.20 bits per heavy atom. The molecule has 0 saturated heterocycles. The molecule has 0 saturated carbocycles. The normalized spacial score (nSPS) is 23.2. The van der Waals surface area contributed by atoms with Crippen LogP contribution in [0.2, 0.25) is 0 Å². The van der Waals surface area contributed by atoms with Gasteiger partial charge in [-0.2, -0.15) is 0 Å². The Morgan fingerprint density at radius 2 is 2.00 bits per heavy atom. The summed E-state index contributed by atoms with van der Waals surface area (Å²) in [6, 6.07) is 10.0. The molecule has 1 heteroatoms. The van der Waals surface area contributed by atoms with E-state index in [0.717, 1.165) is 5.56 Å². The summed E-state index contributed by atoms with van der Waals surface area (Å²) in [5.41, 5.74) is 1.93. The van der Waals surface area contributed by atoms with Crippen molar-refractivity contribution in [1.29, 1.82) is 5.41 Å². The maximum absolute atomic E-state index is 7.78. The fourth-order valence-corrected chi connectivity index (χ4v) is 1.29. The molecule has 1 aromatic carbocycles. The Bertz CT molecular complexity index is 512. The molecule has 1 aromatic rings. The fraction of sp³-hybridized carbons (Fsp3) is 0.0714. The van der Waals surface area contributed by atoms with E-state index in [0.29, 0.717) is 5.57 Å². The third kappa shape index (κ3) is 2.78. The Kier molecular flexibility index (Phi) is 2.25. The zero-order valence-electron chi connectivity index (χ0n) is 10.3. The van der Waals surface area contributed by atoms with Gasteiger partial charge >= 0.3 is 0 Å². The SMILES string of the molecule is [2H]C1=C(C=Cc2ccccc2)C=CC(=N)C1[2H]. The van der Waals surface area contributed by atoms with Crippen molar-refractivity contribution < 1.29 is 2.74 Å². The van der Waals surface area contributed by atoms with E-state index in [4.69, 9.17) is 8.15 Å². The lowest BCUT2D eigenvalue weighted by molar-refractivity contribution is 1.34. The summed E-state index contributed by atoms with van der Waals surface area (Å²) < 4.78 is 15.4.